The molecule has 1 aliphatic heterocycles. The molecule has 6 nitrogen and oxygen atoms in total. The molecular weight excluding hydrogens is 272 g/mol. The van der Waals surface area contributed by atoms with E-state index in [1.807, 2.05) is 20.8 Å². The Bertz CT molecular complexity index is 518. The van der Waals surface area contributed by atoms with E-state index in [4.69, 9.17) is 4.52 Å². The fourth-order valence-electron chi connectivity index (χ4n) is 2.91. The standard InChI is InChI=1S/C15H22N2O4/c1-9-6-7-17(13(8-9)15(19)20)14(18)5-4-12-10(2)16-21-11(12)3/h9,13H,4-8H2,1-3H3,(H,19,20). The summed E-state index contributed by atoms with van der Waals surface area (Å²) in [7, 11) is 0. The Morgan fingerprint density at radius 2 is 2.14 bits per heavy atom. The molecule has 0 aliphatic carbocycles. The summed E-state index contributed by atoms with van der Waals surface area (Å²) in [4.78, 5) is 25.2. The van der Waals surface area contributed by atoms with Gasteiger partial charge in [0.1, 0.15) is 11.8 Å². The first kappa shape index (κ1) is 15.5. The fraction of sp³-hybridized carbons (Fsp3) is 0.667. The molecule has 2 heterocycles. The largest absolute Gasteiger partial charge is 0.480 e. The van der Waals surface area contributed by atoms with Crippen LogP contribution in [0.2, 0.25) is 0 Å². The van der Waals surface area contributed by atoms with Crippen LogP contribution in [0.3, 0.4) is 0 Å². The van der Waals surface area contributed by atoms with Crippen molar-refractivity contribution >= 4 is 11.9 Å². The maximum atomic E-state index is 12.3. The zero-order chi connectivity index (χ0) is 15.6. The summed E-state index contributed by atoms with van der Waals surface area (Å²) in [6.45, 7) is 6.22. The molecule has 0 radical (unpaired) electrons. The lowest BCUT2D eigenvalue weighted by atomic mass is 9.92. The van der Waals surface area contributed by atoms with Crippen LogP contribution in [0.4, 0.5) is 0 Å². The molecule has 1 aliphatic rings. The van der Waals surface area contributed by atoms with Crippen LogP contribution in [0.25, 0.3) is 0 Å². The smallest absolute Gasteiger partial charge is 0.326 e. The van der Waals surface area contributed by atoms with Crippen LogP contribution in [0, 0.1) is 19.8 Å². The SMILES string of the molecule is Cc1noc(C)c1CCC(=O)N1CCC(C)CC1C(=O)O. The Labute approximate surface area is 124 Å². The van der Waals surface area contributed by atoms with Crippen LogP contribution in [0.5, 0.6) is 0 Å². The van der Waals surface area contributed by atoms with Crippen LogP contribution >= 0.6 is 0 Å². The van der Waals surface area contributed by atoms with Crippen molar-refractivity contribution in [3.8, 4) is 0 Å². The van der Waals surface area contributed by atoms with Gasteiger partial charge in [-0.2, -0.15) is 0 Å². The predicted octanol–water partition coefficient (Wildman–Crippen LogP) is 1.94. The zero-order valence-electron chi connectivity index (χ0n) is 12.8. The van der Waals surface area contributed by atoms with Crippen molar-refractivity contribution in [1.82, 2.24) is 10.1 Å². The van der Waals surface area contributed by atoms with E-state index in [0.717, 1.165) is 23.4 Å². The third kappa shape index (κ3) is 3.43. The molecule has 1 saturated heterocycles. The molecule has 2 atom stereocenters. The maximum Gasteiger partial charge on any atom is 0.326 e. The first-order valence-electron chi connectivity index (χ1n) is 7.34. The van der Waals surface area contributed by atoms with Gasteiger partial charge in [-0.05, 0) is 39.0 Å². The molecule has 2 rings (SSSR count). The molecule has 1 N–H and O–H groups in total. The minimum absolute atomic E-state index is 0.102. The Kier molecular flexibility index (Phi) is 4.65. The normalized spacial score (nSPS) is 22.3. The lowest BCUT2D eigenvalue weighted by molar-refractivity contribution is -0.153. The molecule has 116 valence electrons. The number of likely N-dealkylation sites (tertiary alicyclic amines) is 1. The Morgan fingerprint density at radius 3 is 2.71 bits per heavy atom. The molecule has 1 amide bonds. The summed E-state index contributed by atoms with van der Waals surface area (Å²) in [5.41, 5.74) is 1.74. The van der Waals surface area contributed by atoms with E-state index in [9.17, 15) is 14.7 Å². The van der Waals surface area contributed by atoms with Gasteiger partial charge in [-0.15, -0.1) is 0 Å². The molecule has 6 heteroatoms. The van der Waals surface area contributed by atoms with E-state index in [1.165, 1.54) is 4.90 Å². The highest BCUT2D eigenvalue weighted by molar-refractivity contribution is 5.84. The molecule has 0 bridgehead atoms. The van der Waals surface area contributed by atoms with Gasteiger partial charge in [0.15, 0.2) is 0 Å². The van der Waals surface area contributed by atoms with Gasteiger partial charge in [0, 0.05) is 18.5 Å². The second-order valence-electron chi connectivity index (χ2n) is 5.87. The van der Waals surface area contributed by atoms with Crippen molar-refractivity contribution in [2.45, 2.75) is 52.5 Å². The van der Waals surface area contributed by atoms with E-state index in [-0.39, 0.29) is 5.91 Å². The molecular formula is C15H22N2O4. The number of amides is 1. The fourth-order valence-corrected chi connectivity index (χ4v) is 2.91. The molecule has 21 heavy (non-hydrogen) atoms. The first-order chi connectivity index (χ1) is 9.90. The average Bonchev–Trinajstić information content (AvgIpc) is 2.75. The second-order valence-corrected chi connectivity index (χ2v) is 5.87. The summed E-state index contributed by atoms with van der Waals surface area (Å²) in [6.07, 6.45) is 2.23. The number of aromatic nitrogens is 1. The number of nitrogens with zero attached hydrogens (tertiary/aromatic N) is 2. The zero-order valence-corrected chi connectivity index (χ0v) is 12.8. The number of hydrogen-bond acceptors (Lipinski definition) is 4. The quantitative estimate of drug-likeness (QED) is 0.917. The monoisotopic (exact) mass is 294 g/mol. The minimum Gasteiger partial charge on any atom is -0.480 e. The topological polar surface area (TPSA) is 83.6 Å². The Morgan fingerprint density at radius 1 is 1.43 bits per heavy atom. The predicted molar refractivity (Wildman–Crippen MR) is 75.8 cm³/mol. The maximum absolute atomic E-state index is 12.3. The van der Waals surface area contributed by atoms with Crippen molar-refractivity contribution in [2.24, 2.45) is 5.92 Å². The van der Waals surface area contributed by atoms with Gasteiger partial charge >= 0.3 is 5.97 Å². The van der Waals surface area contributed by atoms with E-state index >= 15 is 0 Å². The van der Waals surface area contributed by atoms with Crippen LogP contribution in [-0.2, 0) is 16.0 Å². The summed E-state index contributed by atoms with van der Waals surface area (Å²) < 4.78 is 5.08. The molecule has 1 aromatic heterocycles. The molecule has 1 fully saturated rings. The second kappa shape index (κ2) is 6.28. The number of carboxylic acids is 1. The van der Waals surface area contributed by atoms with Crippen molar-refractivity contribution in [3.63, 3.8) is 0 Å². The van der Waals surface area contributed by atoms with Gasteiger partial charge in [0.2, 0.25) is 5.91 Å². The average molecular weight is 294 g/mol. The van der Waals surface area contributed by atoms with Crippen molar-refractivity contribution in [2.75, 3.05) is 6.54 Å². The summed E-state index contributed by atoms with van der Waals surface area (Å²) >= 11 is 0. The first-order valence-corrected chi connectivity index (χ1v) is 7.34. The van der Waals surface area contributed by atoms with Crippen molar-refractivity contribution in [3.05, 3.63) is 17.0 Å². The van der Waals surface area contributed by atoms with E-state index < -0.39 is 12.0 Å². The highest BCUT2D eigenvalue weighted by atomic mass is 16.5. The Hall–Kier alpha value is -1.85. The molecule has 0 spiro atoms. The lowest BCUT2D eigenvalue weighted by Gasteiger charge is -2.36. The number of aryl methyl sites for hydroxylation is 2. The van der Waals surface area contributed by atoms with Gasteiger partial charge in [0.05, 0.1) is 5.69 Å². The lowest BCUT2D eigenvalue weighted by Crippen LogP contribution is -2.49. The van der Waals surface area contributed by atoms with Gasteiger partial charge in [-0.1, -0.05) is 12.1 Å². The van der Waals surface area contributed by atoms with E-state index in [1.54, 1.807) is 0 Å². The minimum atomic E-state index is -0.910. The molecule has 0 saturated carbocycles. The van der Waals surface area contributed by atoms with Crippen LogP contribution < -0.4 is 0 Å². The van der Waals surface area contributed by atoms with Crippen LogP contribution in [0.15, 0.2) is 4.52 Å². The summed E-state index contributed by atoms with van der Waals surface area (Å²) in [5.74, 6) is 0.0570. The number of carboxylic acid groups (broad SMARTS) is 1. The number of rotatable bonds is 4. The summed E-state index contributed by atoms with van der Waals surface area (Å²) in [5, 5.41) is 13.2. The molecule has 2 unspecified atom stereocenters. The van der Waals surface area contributed by atoms with E-state index in [2.05, 4.69) is 5.16 Å². The van der Waals surface area contributed by atoms with E-state index in [0.29, 0.717) is 31.7 Å². The number of aliphatic carboxylic acids is 1. The highest BCUT2D eigenvalue weighted by Crippen LogP contribution is 2.24. The van der Waals surface area contributed by atoms with Gasteiger partial charge in [0.25, 0.3) is 0 Å². The molecule has 1 aromatic rings. The van der Waals surface area contributed by atoms with Gasteiger partial charge in [-0.3, -0.25) is 4.79 Å². The number of hydrogen-bond donors (Lipinski definition) is 1. The van der Waals surface area contributed by atoms with Crippen LogP contribution in [0.1, 0.15) is 43.2 Å². The Balaban J connectivity index is 2.00. The third-order valence-electron chi connectivity index (χ3n) is 4.24. The van der Waals surface area contributed by atoms with Crippen molar-refractivity contribution in [1.29, 1.82) is 0 Å². The van der Waals surface area contributed by atoms with Crippen molar-refractivity contribution < 1.29 is 19.2 Å². The third-order valence-corrected chi connectivity index (χ3v) is 4.24. The highest BCUT2D eigenvalue weighted by Gasteiger charge is 2.34. The molecule has 0 aromatic carbocycles. The van der Waals surface area contributed by atoms with Gasteiger partial charge in [-0.25, -0.2) is 4.79 Å². The summed E-state index contributed by atoms with van der Waals surface area (Å²) in [6, 6.07) is -0.689. The number of carbonyl (C=O) groups is 2. The number of piperidine rings is 1. The van der Waals surface area contributed by atoms with Gasteiger partial charge < -0.3 is 14.5 Å². The number of carbonyl (C=O) groups excluding carboxylic acids is 1. The van der Waals surface area contributed by atoms with Crippen LogP contribution in [-0.4, -0.2) is 39.6 Å².